The Morgan fingerprint density at radius 3 is 2.41 bits per heavy atom. The van der Waals surface area contributed by atoms with Crippen LogP contribution in [0.3, 0.4) is 0 Å². The number of aromatic nitrogens is 4. The van der Waals surface area contributed by atoms with E-state index >= 15 is 4.39 Å². The SMILES string of the molecule is CC(C)(C)OC(=O)Nc1ncc(-c2nc(N3CCOCC3)c3cc(F)c(-c4cccc(S(C)(=O)=O)c4)cc3n2)cn1. The molecule has 0 spiro atoms. The summed E-state index contributed by atoms with van der Waals surface area (Å²) in [5, 5.41) is 2.99. The summed E-state index contributed by atoms with van der Waals surface area (Å²) in [5.74, 6) is 0.340. The van der Waals surface area contributed by atoms with Crippen molar-refractivity contribution in [3.05, 3.63) is 54.6 Å². The highest BCUT2D eigenvalue weighted by atomic mass is 32.2. The van der Waals surface area contributed by atoms with Crippen LogP contribution in [-0.2, 0) is 19.3 Å². The van der Waals surface area contributed by atoms with Crippen molar-refractivity contribution in [2.24, 2.45) is 0 Å². The predicted octanol–water partition coefficient (Wildman–Crippen LogP) is 4.48. The van der Waals surface area contributed by atoms with Gasteiger partial charge in [0.2, 0.25) is 5.95 Å². The lowest BCUT2D eigenvalue weighted by atomic mass is 10.0. The van der Waals surface area contributed by atoms with Gasteiger partial charge in [-0.2, -0.15) is 0 Å². The van der Waals surface area contributed by atoms with Crippen molar-refractivity contribution in [2.75, 3.05) is 42.8 Å². The molecule has 13 heteroatoms. The Morgan fingerprint density at radius 2 is 1.76 bits per heavy atom. The van der Waals surface area contributed by atoms with E-state index < -0.39 is 27.3 Å². The van der Waals surface area contributed by atoms with Crippen LogP contribution in [0.15, 0.2) is 53.7 Å². The number of carbonyl (C=O) groups is 1. The number of carbonyl (C=O) groups excluding carboxylic acids is 1. The Hall–Kier alpha value is -4.23. The predicted molar refractivity (Wildman–Crippen MR) is 152 cm³/mol. The zero-order valence-corrected chi connectivity index (χ0v) is 23.8. The van der Waals surface area contributed by atoms with Crippen molar-refractivity contribution in [1.82, 2.24) is 19.9 Å². The number of anilines is 2. The molecule has 1 aliphatic rings. The minimum absolute atomic E-state index is 0.0484. The molecule has 41 heavy (non-hydrogen) atoms. The van der Waals surface area contributed by atoms with Crippen LogP contribution in [0.2, 0.25) is 0 Å². The molecule has 1 N–H and O–H groups in total. The molecule has 0 radical (unpaired) electrons. The van der Waals surface area contributed by atoms with E-state index in [1.165, 1.54) is 30.6 Å². The molecule has 1 fully saturated rings. The molecule has 214 valence electrons. The van der Waals surface area contributed by atoms with Crippen LogP contribution in [0.4, 0.5) is 21.0 Å². The van der Waals surface area contributed by atoms with E-state index in [0.29, 0.717) is 60.0 Å². The van der Waals surface area contributed by atoms with E-state index in [0.717, 1.165) is 6.26 Å². The highest BCUT2D eigenvalue weighted by molar-refractivity contribution is 7.90. The number of fused-ring (bicyclic) bond motifs is 1. The van der Waals surface area contributed by atoms with Crippen molar-refractivity contribution in [3.63, 3.8) is 0 Å². The lowest BCUT2D eigenvalue weighted by Gasteiger charge is -2.29. The smallest absolute Gasteiger partial charge is 0.414 e. The quantitative estimate of drug-likeness (QED) is 0.360. The van der Waals surface area contributed by atoms with Crippen LogP contribution in [0, 0.1) is 5.82 Å². The van der Waals surface area contributed by atoms with Gasteiger partial charge in [0.05, 0.1) is 29.2 Å². The van der Waals surface area contributed by atoms with E-state index in [2.05, 4.69) is 15.3 Å². The third kappa shape index (κ3) is 6.57. The Bertz CT molecular complexity index is 1720. The molecule has 0 aliphatic carbocycles. The topological polar surface area (TPSA) is 136 Å². The van der Waals surface area contributed by atoms with Gasteiger partial charge in [-0.1, -0.05) is 12.1 Å². The van der Waals surface area contributed by atoms with Crippen LogP contribution in [0.1, 0.15) is 20.8 Å². The Balaban J connectivity index is 1.58. The second-order valence-electron chi connectivity index (χ2n) is 10.5. The van der Waals surface area contributed by atoms with Crippen LogP contribution < -0.4 is 10.2 Å². The van der Waals surface area contributed by atoms with Gasteiger partial charge in [-0.15, -0.1) is 0 Å². The van der Waals surface area contributed by atoms with E-state index in [9.17, 15) is 13.2 Å². The van der Waals surface area contributed by atoms with Crippen LogP contribution in [0.5, 0.6) is 0 Å². The minimum atomic E-state index is -3.49. The van der Waals surface area contributed by atoms with Crippen LogP contribution in [-0.4, -0.2) is 72.6 Å². The van der Waals surface area contributed by atoms with Gasteiger partial charge in [-0.05, 0) is 50.6 Å². The first-order chi connectivity index (χ1) is 19.4. The third-order valence-electron chi connectivity index (χ3n) is 6.17. The molecule has 0 atom stereocenters. The first kappa shape index (κ1) is 28.3. The summed E-state index contributed by atoms with van der Waals surface area (Å²) in [4.78, 5) is 32.0. The maximum atomic E-state index is 15.5. The molecule has 0 bridgehead atoms. The Kier molecular flexibility index (Phi) is 7.58. The molecule has 2 aromatic carbocycles. The second kappa shape index (κ2) is 11.0. The fourth-order valence-corrected chi connectivity index (χ4v) is 4.96. The van der Waals surface area contributed by atoms with E-state index in [1.54, 1.807) is 39.0 Å². The van der Waals surface area contributed by atoms with Crippen molar-refractivity contribution in [3.8, 4) is 22.5 Å². The molecule has 0 saturated carbocycles. The van der Waals surface area contributed by atoms with Gasteiger partial charge >= 0.3 is 6.09 Å². The zero-order chi connectivity index (χ0) is 29.4. The summed E-state index contributed by atoms with van der Waals surface area (Å²) in [6, 6.07) is 9.08. The number of ether oxygens (including phenoxy) is 2. The number of nitrogens with zero attached hydrogens (tertiary/aromatic N) is 5. The van der Waals surface area contributed by atoms with Crippen molar-refractivity contribution in [2.45, 2.75) is 31.3 Å². The molecule has 4 aromatic rings. The largest absolute Gasteiger partial charge is 0.444 e. The number of sulfone groups is 1. The number of benzene rings is 2. The van der Waals surface area contributed by atoms with Gasteiger partial charge < -0.3 is 14.4 Å². The first-order valence-corrected chi connectivity index (χ1v) is 14.7. The highest BCUT2D eigenvalue weighted by Crippen LogP contribution is 2.34. The molecule has 1 saturated heterocycles. The van der Waals surface area contributed by atoms with Crippen LogP contribution in [0.25, 0.3) is 33.4 Å². The lowest BCUT2D eigenvalue weighted by molar-refractivity contribution is 0.0634. The average molecular weight is 581 g/mol. The van der Waals surface area contributed by atoms with Gasteiger partial charge in [-0.25, -0.2) is 37.5 Å². The summed E-state index contributed by atoms with van der Waals surface area (Å²) in [5.41, 5.74) is 0.855. The van der Waals surface area contributed by atoms with Crippen molar-refractivity contribution < 1.29 is 27.1 Å². The molecular formula is C28H29FN6O5S. The summed E-state index contributed by atoms with van der Waals surface area (Å²) >= 11 is 0. The maximum Gasteiger partial charge on any atom is 0.414 e. The zero-order valence-electron chi connectivity index (χ0n) is 23.0. The molecular weight excluding hydrogens is 551 g/mol. The van der Waals surface area contributed by atoms with Gasteiger partial charge in [0.1, 0.15) is 17.2 Å². The standard InChI is InChI=1S/C28H29FN6O5S/c1-28(2,3)40-27(36)34-26-30-15-18(16-31-26)24-32-23-14-20(17-6-5-7-19(12-17)41(4,37)38)22(29)13-21(23)25(33-24)35-8-10-39-11-9-35/h5-7,12-16H,8-11H2,1-4H3,(H,30,31,34,36). The van der Waals surface area contributed by atoms with Gasteiger partial charge in [0.25, 0.3) is 0 Å². The molecule has 11 nitrogen and oxygen atoms in total. The van der Waals surface area contributed by atoms with Crippen LogP contribution >= 0.6 is 0 Å². The first-order valence-electron chi connectivity index (χ1n) is 12.8. The number of halogens is 1. The summed E-state index contributed by atoms with van der Waals surface area (Å²) in [6.07, 6.45) is 3.37. The summed E-state index contributed by atoms with van der Waals surface area (Å²) in [6.45, 7) is 7.35. The molecule has 5 rings (SSSR count). The highest BCUT2D eigenvalue weighted by Gasteiger charge is 2.22. The number of hydrogen-bond donors (Lipinski definition) is 1. The number of hydrogen-bond acceptors (Lipinski definition) is 10. The molecule has 1 aliphatic heterocycles. The fourth-order valence-electron chi connectivity index (χ4n) is 4.30. The van der Waals surface area contributed by atoms with E-state index in [4.69, 9.17) is 19.4 Å². The molecule has 2 aromatic heterocycles. The Morgan fingerprint density at radius 1 is 1.05 bits per heavy atom. The second-order valence-corrected chi connectivity index (χ2v) is 12.6. The third-order valence-corrected chi connectivity index (χ3v) is 7.28. The van der Waals surface area contributed by atoms with Crippen molar-refractivity contribution >= 4 is 38.6 Å². The Labute approximate surface area is 236 Å². The monoisotopic (exact) mass is 580 g/mol. The maximum absolute atomic E-state index is 15.5. The summed E-state index contributed by atoms with van der Waals surface area (Å²) in [7, 11) is -3.49. The number of nitrogens with one attached hydrogen (secondary N) is 1. The van der Waals surface area contributed by atoms with Gasteiger partial charge in [0, 0.05) is 42.7 Å². The minimum Gasteiger partial charge on any atom is -0.444 e. The lowest BCUT2D eigenvalue weighted by Crippen LogP contribution is -2.37. The van der Waals surface area contributed by atoms with E-state index in [-0.39, 0.29) is 16.4 Å². The molecule has 1 amide bonds. The molecule has 3 heterocycles. The van der Waals surface area contributed by atoms with Crippen molar-refractivity contribution in [1.29, 1.82) is 0 Å². The van der Waals surface area contributed by atoms with Gasteiger partial charge in [-0.3, -0.25) is 5.32 Å². The average Bonchev–Trinajstić information content (AvgIpc) is 2.91. The summed E-state index contributed by atoms with van der Waals surface area (Å²) < 4.78 is 50.5. The normalized spacial score (nSPS) is 14.2. The number of morpholine rings is 1. The van der Waals surface area contributed by atoms with E-state index in [1.807, 2.05) is 4.90 Å². The number of amides is 1. The van der Waals surface area contributed by atoms with Gasteiger partial charge in [0.15, 0.2) is 15.7 Å². The number of rotatable bonds is 5. The fraction of sp³-hybridized carbons (Fsp3) is 0.321. The molecule has 0 unspecified atom stereocenters.